The number of carbonyl (C=O) groups is 1. The van der Waals surface area contributed by atoms with E-state index in [9.17, 15) is 9.90 Å². The van der Waals surface area contributed by atoms with E-state index in [1.807, 2.05) is 34.6 Å². The van der Waals surface area contributed by atoms with E-state index in [4.69, 9.17) is 15.0 Å². The number of hydrogen-bond acceptors (Lipinski definition) is 5. The van der Waals surface area contributed by atoms with Crippen LogP contribution in [0, 0.1) is 30.2 Å². The van der Waals surface area contributed by atoms with Crippen LogP contribution >= 0.6 is 0 Å². The number of ketones is 1. The van der Waals surface area contributed by atoms with Gasteiger partial charge >= 0.3 is 0 Å². The summed E-state index contributed by atoms with van der Waals surface area (Å²) in [5, 5.41) is 15.3. The van der Waals surface area contributed by atoms with Crippen molar-refractivity contribution in [3.8, 4) is 0 Å². The molecule has 3 aromatic carbocycles. The summed E-state index contributed by atoms with van der Waals surface area (Å²) in [6, 6.07) is 21.1. The van der Waals surface area contributed by atoms with Crippen molar-refractivity contribution in [2.45, 2.75) is 87.5 Å². The first-order valence-corrected chi connectivity index (χ1v) is 17.5. The molecule has 0 spiro atoms. The maximum Gasteiger partial charge on any atom is 0.162 e. The fourth-order valence-electron chi connectivity index (χ4n) is 7.27. The molecule has 0 aliphatic heterocycles. The second-order valence-corrected chi connectivity index (χ2v) is 14.4. The summed E-state index contributed by atoms with van der Waals surface area (Å²) < 4.78 is 2.39. The van der Waals surface area contributed by atoms with Crippen molar-refractivity contribution < 1.29 is 30.0 Å². The van der Waals surface area contributed by atoms with E-state index in [2.05, 4.69) is 79.8 Å². The van der Waals surface area contributed by atoms with Gasteiger partial charge < -0.3 is 9.51 Å². The van der Waals surface area contributed by atoms with Gasteiger partial charge in [-0.1, -0.05) is 83.5 Å². The third kappa shape index (κ3) is 6.80. The molecule has 6 nitrogen and oxygen atoms in total. The van der Waals surface area contributed by atoms with Gasteiger partial charge in [-0.15, -0.1) is 12.1 Å². The predicted molar refractivity (Wildman–Crippen MR) is 200 cm³/mol. The molecule has 7 heteroatoms. The Hall–Kier alpha value is -3.93. The Morgan fingerprint density at radius 3 is 2.27 bits per heavy atom. The van der Waals surface area contributed by atoms with Crippen LogP contribution in [0.15, 0.2) is 66.7 Å². The van der Waals surface area contributed by atoms with Gasteiger partial charge in [-0.25, -0.2) is 4.98 Å². The third-order valence-corrected chi connectivity index (χ3v) is 9.71. The van der Waals surface area contributed by atoms with Crippen LogP contribution in [-0.4, -0.2) is 30.2 Å². The van der Waals surface area contributed by atoms with Crippen LogP contribution in [0.2, 0.25) is 0 Å². The van der Waals surface area contributed by atoms with Crippen LogP contribution in [0.4, 0.5) is 0 Å². The summed E-state index contributed by atoms with van der Waals surface area (Å²) in [6.07, 6.45) is 7.58. The van der Waals surface area contributed by atoms with Crippen LogP contribution < -0.4 is 0 Å². The van der Waals surface area contributed by atoms with E-state index < -0.39 is 0 Å². The minimum atomic E-state index is 0. The van der Waals surface area contributed by atoms with Crippen LogP contribution in [0.25, 0.3) is 60.0 Å². The largest absolute Gasteiger partial charge is 0.512 e. The van der Waals surface area contributed by atoms with Crippen molar-refractivity contribution in [1.29, 1.82) is 0 Å². The van der Waals surface area contributed by atoms with Crippen molar-refractivity contribution in [3.05, 3.63) is 84.0 Å². The van der Waals surface area contributed by atoms with Gasteiger partial charge in [0.2, 0.25) is 0 Å². The zero-order chi connectivity index (χ0) is 34.3. The van der Waals surface area contributed by atoms with Gasteiger partial charge in [0.25, 0.3) is 0 Å². The second kappa shape index (κ2) is 14.5. The smallest absolute Gasteiger partial charge is 0.162 e. The van der Waals surface area contributed by atoms with E-state index in [0.717, 1.165) is 81.5 Å². The zero-order valence-electron chi connectivity index (χ0n) is 29.9. The summed E-state index contributed by atoms with van der Waals surface area (Å²) in [7, 11) is 0. The Morgan fingerprint density at radius 1 is 0.898 bits per heavy atom. The number of allylic oxidation sites excluding steroid dienone is 2. The number of aryl methyl sites for hydroxylation is 1. The molecule has 4 aromatic heterocycles. The standard InChI is InChI=1S/C29H23N4.C13H24O2.Ir/c1-16-9-10-18-13-20-27-25-21(30-15-31-27)11-17(14-29(2,3)4)12-23(25)33-22-8-6-5-7-19(22)24(28(20)33)26(18)32-16;1-5-10(6-2)12(14)9-13(15)11(7-3)8-4;/h5-12,15H,14H2,1-4H3;9-11,14H,5-8H2,1-4H3;/q-1;;/b;12-9-;. The molecule has 0 saturated carbocycles. The summed E-state index contributed by atoms with van der Waals surface area (Å²) in [4.78, 5) is 26.2. The molecule has 0 bridgehead atoms. The molecule has 0 aliphatic carbocycles. The summed E-state index contributed by atoms with van der Waals surface area (Å²) in [5.41, 5.74) is 8.92. The SMILES string of the molecule is CCC(CC)C(=O)/C=C(\O)C(CC)CC.Cc1ccc2[c-]c3c4ncnc5cc(CC(C)(C)C)cc(c54)n4c5ccccc5c(c2n1)c34.[Ir]. The Morgan fingerprint density at radius 2 is 1.59 bits per heavy atom. The predicted octanol–water partition coefficient (Wildman–Crippen LogP) is 10.9. The van der Waals surface area contributed by atoms with Crippen molar-refractivity contribution in [3.63, 3.8) is 0 Å². The van der Waals surface area contributed by atoms with Gasteiger partial charge in [-0.3, -0.25) is 14.8 Å². The maximum atomic E-state index is 11.7. The molecular weight excluding hydrogens is 785 g/mol. The van der Waals surface area contributed by atoms with Crippen molar-refractivity contribution in [2.24, 2.45) is 17.3 Å². The number of para-hydroxylation sites is 1. The molecule has 49 heavy (non-hydrogen) atoms. The number of aliphatic hydroxyl groups excluding tert-OH is 1. The van der Waals surface area contributed by atoms with Crippen LogP contribution in [-0.2, 0) is 31.3 Å². The molecule has 7 aromatic rings. The molecule has 0 atom stereocenters. The summed E-state index contributed by atoms with van der Waals surface area (Å²) in [6.45, 7) is 17.0. The molecule has 7 rings (SSSR count). The van der Waals surface area contributed by atoms with E-state index >= 15 is 0 Å². The van der Waals surface area contributed by atoms with E-state index in [1.165, 1.54) is 27.9 Å². The first-order chi connectivity index (χ1) is 23.0. The molecule has 0 amide bonds. The van der Waals surface area contributed by atoms with E-state index in [1.54, 1.807) is 6.33 Å². The maximum absolute atomic E-state index is 11.7. The van der Waals surface area contributed by atoms with Crippen LogP contribution in [0.1, 0.15) is 85.4 Å². The molecular formula is C42H47IrN4O2-. The Bertz CT molecular complexity index is 2310. The van der Waals surface area contributed by atoms with Gasteiger partial charge in [0.15, 0.2) is 5.78 Å². The molecule has 0 saturated heterocycles. The molecule has 0 aliphatic rings. The number of fused-ring (bicyclic) bond motifs is 7. The Kier molecular flexibility index (Phi) is 10.8. The number of pyridine rings is 2. The molecule has 257 valence electrons. The Balaban J connectivity index is 0.000000252. The molecule has 0 unspecified atom stereocenters. The summed E-state index contributed by atoms with van der Waals surface area (Å²) >= 11 is 0. The zero-order valence-corrected chi connectivity index (χ0v) is 32.3. The minimum Gasteiger partial charge on any atom is -0.512 e. The van der Waals surface area contributed by atoms with Crippen molar-refractivity contribution >= 4 is 65.8 Å². The third-order valence-electron chi connectivity index (χ3n) is 9.71. The summed E-state index contributed by atoms with van der Waals surface area (Å²) in [5.74, 6) is 0.547. The normalized spacial score (nSPS) is 12.6. The number of aromatic nitrogens is 4. The van der Waals surface area contributed by atoms with E-state index in [0.29, 0.717) is 0 Å². The van der Waals surface area contributed by atoms with Crippen LogP contribution in [0.3, 0.4) is 0 Å². The van der Waals surface area contributed by atoms with Crippen LogP contribution in [0.5, 0.6) is 0 Å². The fraction of sp³-hybridized carbons (Fsp3) is 0.381. The topological polar surface area (TPSA) is 80.4 Å². The van der Waals surface area contributed by atoms with Gasteiger partial charge in [-0.05, 0) is 84.5 Å². The monoisotopic (exact) mass is 832 g/mol. The van der Waals surface area contributed by atoms with E-state index in [-0.39, 0.29) is 48.9 Å². The Labute approximate surface area is 302 Å². The fourth-order valence-corrected chi connectivity index (χ4v) is 7.27. The number of carbonyl (C=O) groups excluding carboxylic acids is 1. The molecule has 1 N–H and O–H groups in total. The average molecular weight is 832 g/mol. The molecule has 4 heterocycles. The first-order valence-electron chi connectivity index (χ1n) is 17.5. The van der Waals surface area contributed by atoms with Gasteiger partial charge in [0.05, 0.1) is 11.3 Å². The number of hydrogen-bond donors (Lipinski definition) is 1. The first kappa shape index (κ1) is 36.4. The minimum absolute atomic E-state index is 0. The van der Waals surface area contributed by atoms with Crippen molar-refractivity contribution in [2.75, 3.05) is 0 Å². The number of benzene rings is 3. The number of aliphatic hydroxyl groups is 1. The van der Waals surface area contributed by atoms with Gasteiger partial charge in [0.1, 0.15) is 6.33 Å². The quantitative estimate of drug-likeness (QED) is 0.0542. The van der Waals surface area contributed by atoms with Gasteiger partial charge in [-0.2, -0.15) is 0 Å². The number of nitrogens with zero attached hydrogens (tertiary/aromatic N) is 4. The molecule has 0 fully saturated rings. The number of rotatable bonds is 8. The van der Waals surface area contributed by atoms with Gasteiger partial charge in [0, 0.05) is 71.2 Å². The second-order valence-electron chi connectivity index (χ2n) is 14.4. The average Bonchev–Trinajstić information content (AvgIpc) is 3.40. The molecule has 1 radical (unpaired) electrons. The van der Waals surface area contributed by atoms with Crippen molar-refractivity contribution in [1.82, 2.24) is 19.4 Å².